The average molecular weight is 166 g/mol. The Labute approximate surface area is 72.6 Å². The topological polar surface area (TPSA) is 37.3 Å². The van der Waals surface area contributed by atoms with E-state index < -0.39 is 6.10 Å². The van der Waals surface area contributed by atoms with Gasteiger partial charge in [-0.25, -0.2) is 0 Å². The van der Waals surface area contributed by atoms with Crippen LogP contribution in [-0.4, -0.2) is 17.0 Å². The Bertz CT molecular complexity index is 251. The summed E-state index contributed by atoms with van der Waals surface area (Å²) in [5.74, 6) is -0.286. The van der Waals surface area contributed by atoms with E-state index in [9.17, 15) is 9.90 Å². The second kappa shape index (κ2) is 3.23. The van der Waals surface area contributed by atoms with E-state index in [4.69, 9.17) is 0 Å². The predicted molar refractivity (Wildman–Crippen MR) is 47.7 cm³/mol. The van der Waals surface area contributed by atoms with Crippen LogP contribution in [0.2, 0.25) is 0 Å². The van der Waals surface area contributed by atoms with Gasteiger partial charge >= 0.3 is 0 Å². The Morgan fingerprint density at radius 2 is 2.33 bits per heavy atom. The molecule has 2 heteroatoms. The third-order valence-electron chi connectivity index (χ3n) is 2.31. The molecule has 0 amide bonds. The van der Waals surface area contributed by atoms with Crippen LogP contribution in [0.3, 0.4) is 0 Å². The highest BCUT2D eigenvalue weighted by molar-refractivity contribution is 5.91. The third-order valence-corrected chi connectivity index (χ3v) is 2.31. The molecular formula is C10H14O2. The summed E-state index contributed by atoms with van der Waals surface area (Å²) < 4.78 is 0. The maximum absolute atomic E-state index is 11.4. The first kappa shape index (κ1) is 9.20. The van der Waals surface area contributed by atoms with Crippen LogP contribution in [0.25, 0.3) is 0 Å². The molecular weight excluding hydrogens is 152 g/mol. The maximum Gasteiger partial charge on any atom is 0.172 e. The molecule has 0 saturated heterocycles. The van der Waals surface area contributed by atoms with Crippen LogP contribution in [0.1, 0.15) is 20.3 Å². The first-order valence-corrected chi connectivity index (χ1v) is 4.08. The van der Waals surface area contributed by atoms with Crippen LogP contribution in [0, 0.1) is 5.92 Å². The summed E-state index contributed by atoms with van der Waals surface area (Å²) in [6.45, 7) is 7.33. The summed E-state index contributed by atoms with van der Waals surface area (Å²) in [6, 6.07) is 0. The minimum atomic E-state index is -0.902. The van der Waals surface area contributed by atoms with Crippen molar-refractivity contribution >= 4 is 5.78 Å². The lowest BCUT2D eigenvalue weighted by Crippen LogP contribution is -2.32. The number of rotatable bonds is 1. The van der Waals surface area contributed by atoms with Crippen LogP contribution < -0.4 is 0 Å². The Hall–Kier alpha value is -0.890. The van der Waals surface area contributed by atoms with Gasteiger partial charge in [0.2, 0.25) is 0 Å². The zero-order valence-electron chi connectivity index (χ0n) is 7.50. The number of Topliss-reactive ketones (excluding diaryl/α,β-unsaturated/α-hetero) is 1. The highest BCUT2D eigenvalue weighted by Crippen LogP contribution is 2.25. The van der Waals surface area contributed by atoms with Crippen LogP contribution in [0.4, 0.5) is 0 Å². The zero-order valence-corrected chi connectivity index (χ0v) is 7.50. The van der Waals surface area contributed by atoms with Crippen LogP contribution in [0.15, 0.2) is 23.8 Å². The number of aliphatic hydroxyl groups is 1. The number of hydrogen-bond donors (Lipinski definition) is 1. The standard InChI is InChI=1S/C10H14O2/c1-6(2)8-5-4-7(3)9(11)10(8)12/h4,8-9,11H,1,5H2,2-3H3/t8-,9+/m0/s1. The number of hydrogen-bond acceptors (Lipinski definition) is 2. The van der Waals surface area contributed by atoms with Crippen molar-refractivity contribution in [2.75, 3.05) is 0 Å². The van der Waals surface area contributed by atoms with Crippen molar-refractivity contribution < 1.29 is 9.90 Å². The minimum Gasteiger partial charge on any atom is -0.381 e. The summed E-state index contributed by atoms with van der Waals surface area (Å²) in [4.78, 5) is 11.4. The third kappa shape index (κ3) is 1.48. The van der Waals surface area contributed by atoms with Gasteiger partial charge in [-0.05, 0) is 25.8 Å². The van der Waals surface area contributed by atoms with Gasteiger partial charge in [0.15, 0.2) is 5.78 Å². The molecule has 0 aromatic carbocycles. The Balaban J connectivity index is 2.87. The molecule has 1 aliphatic rings. The predicted octanol–water partition coefficient (Wildman–Crippen LogP) is 1.46. The van der Waals surface area contributed by atoms with E-state index in [1.807, 2.05) is 13.0 Å². The van der Waals surface area contributed by atoms with E-state index >= 15 is 0 Å². The molecule has 0 heterocycles. The van der Waals surface area contributed by atoms with Gasteiger partial charge in [-0.15, -0.1) is 0 Å². The molecule has 0 spiro atoms. The largest absolute Gasteiger partial charge is 0.381 e. The van der Waals surface area contributed by atoms with Gasteiger partial charge in [0, 0.05) is 5.92 Å². The molecule has 0 aliphatic heterocycles. The summed E-state index contributed by atoms with van der Waals surface area (Å²) in [6.07, 6.45) is 1.70. The highest BCUT2D eigenvalue weighted by atomic mass is 16.3. The zero-order chi connectivity index (χ0) is 9.30. The Kier molecular flexibility index (Phi) is 2.48. The number of aliphatic hydroxyl groups excluding tert-OH is 1. The molecule has 12 heavy (non-hydrogen) atoms. The number of carbonyl (C=O) groups excluding carboxylic acids is 1. The van der Waals surface area contributed by atoms with E-state index in [-0.39, 0.29) is 11.7 Å². The molecule has 1 rings (SSSR count). The SMILES string of the molecule is C=C(C)[C@@H]1CC=C(C)[C@@H](O)C1=O. The van der Waals surface area contributed by atoms with Gasteiger partial charge in [-0.1, -0.05) is 18.2 Å². The Morgan fingerprint density at radius 1 is 1.75 bits per heavy atom. The lowest BCUT2D eigenvalue weighted by atomic mass is 9.83. The second-order valence-electron chi connectivity index (χ2n) is 3.39. The first-order valence-electron chi connectivity index (χ1n) is 4.08. The van der Waals surface area contributed by atoms with Gasteiger partial charge in [0.25, 0.3) is 0 Å². The summed E-state index contributed by atoms with van der Waals surface area (Å²) in [5.41, 5.74) is 1.60. The molecule has 66 valence electrons. The van der Waals surface area contributed by atoms with Gasteiger partial charge in [-0.3, -0.25) is 4.79 Å². The monoisotopic (exact) mass is 166 g/mol. The fourth-order valence-corrected chi connectivity index (χ4v) is 1.39. The molecule has 1 aliphatic carbocycles. The average Bonchev–Trinajstić information content (AvgIpc) is 2.00. The van der Waals surface area contributed by atoms with E-state index in [1.54, 1.807) is 6.92 Å². The van der Waals surface area contributed by atoms with E-state index in [1.165, 1.54) is 0 Å². The van der Waals surface area contributed by atoms with Crippen molar-refractivity contribution in [1.29, 1.82) is 0 Å². The first-order chi connectivity index (χ1) is 5.54. The maximum atomic E-state index is 11.4. The molecule has 0 radical (unpaired) electrons. The lowest BCUT2D eigenvalue weighted by molar-refractivity contribution is -0.128. The number of allylic oxidation sites excluding steroid dienone is 2. The van der Waals surface area contributed by atoms with Crippen molar-refractivity contribution in [3.63, 3.8) is 0 Å². The van der Waals surface area contributed by atoms with Gasteiger partial charge in [0.1, 0.15) is 6.10 Å². The summed E-state index contributed by atoms with van der Waals surface area (Å²) in [5, 5.41) is 9.41. The smallest absolute Gasteiger partial charge is 0.172 e. The normalized spacial score (nSPS) is 29.9. The summed E-state index contributed by atoms with van der Waals surface area (Å²) >= 11 is 0. The summed E-state index contributed by atoms with van der Waals surface area (Å²) in [7, 11) is 0. The number of carbonyl (C=O) groups is 1. The quantitative estimate of drug-likeness (QED) is 0.599. The van der Waals surface area contributed by atoms with Gasteiger partial charge in [0.05, 0.1) is 0 Å². The molecule has 0 fully saturated rings. The van der Waals surface area contributed by atoms with Crippen LogP contribution in [0.5, 0.6) is 0 Å². The molecule has 0 aromatic heterocycles. The van der Waals surface area contributed by atoms with E-state index in [0.29, 0.717) is 6.42 Å². The van der Waals surface area contributed by atoms with Crippen LogP contribution >= 0.6 is 0 Å². The lowest BCUT2D eigenvalue weighted by Gasteiger charge is -2.23. The van der Waals surface area contributed by atoms with Crippen molar-refractivity contribution in [2.24, 2.45) is 5.92 Å². The molecule has 2 atom stereocenters. The molecule has 0 saturated carbocycles. The molecule has 0 bridgehead atoms. The molecule has 1 N–H and O–H groups in total. The minimum absolute atomic E-state index is 0.109. The van der Waals surface area contributed by atoms with Crippen molar-refractivity contribution in [3.05, 3.63) is 23.8 Å². The van der Waals surface area contributed by atoms with Gasteiger partial charge < -0.3 is 5.11 Å². The van der Waals surface area contributed by atoms with E-state index in [0.717, 1.165) is 11.1 Å². The Morgan fingerprint density at radius 3 is 2.83 bits per heavy atom. The highest BCUT2D eigenvalue weighted by Gasteiger charge is 2.29. The van der Waals surface area contributed by atoms with E-state index in [2.05, 4.69) is 6.58 Å². The van der Waals surface area contributed by atoms with Crippen LogP contribution in [-0.2, 0) is 4.79 Å². The van der Waals surface area contributed by atoms with Crippen molar-refractivity contribution in [3.8, 4) is 0 Å². The number of ketones is 1. The molecule has 0 aromatic rings. The van der Waals surface area contributed by atoms with Crippen molar-refractivity contribution in [1.82, 2.24) is 0 Å². The second-order valence-corrected chi connectivity index (χ2v) is 3.39. The fourth-order valence-electron chi connectivity index (χ4n) is 1.39. The molecule has 0 unspecified atom stereocenters. The van der Waals surface area contributed by atoms with Crippen molar-refractivity contribution in [2.45, 2.75) is 26.4 Å². The van der Waals surface area contributed by atoms with Gasteiger partial charge in [-0.2, -0.15) is 0 Å². The molecule has 2 nitrogen and oxygen atoms in total. The fraction of sp³-hybridized carbons (Fsp3) is 0.500.